The van der Waals surface area contributed by atoms with Crippen molar-refractivity contribution < 1.29 is 4.74 Å². The molecule has 19 heavy (non-hydrogen) atoms. The number of anilines is 2. The van der Waals surface area contributed by atoms with Crippen LogP contribution >= 0.6 is 0 Å². The molecule has 108 valence electrons. The number of ether oxygens (including phenoxy) is 1. The summed E-state index contributed by atoms with van der Waals surface area (Å²) in [6, 6.07) is 1.96. The van der Waals surface area contributed by atoms with Crippen LogP contribution in [0.25, 0.3) is 0 Å². The van der Waals surface area contributed by atoms with Crippen LogP contribution < -0.4 is 10.6 Å². The molecule has 0 aliphatic heterocycles. The van der Waals surface area contributed by atoms with Crippen LogP contribution in [-0.4, -0.2) is 29.7 Å². The van der Waals surface area contributed by atoms with Crippen molar-refractivity contribution in [2.75, 3.05) is 30.3 Å². The molecule has 0 aliphatic rings. The Kier molecular flexibility index (Phi) is 7.89. The SMILES string of the molecule is CCCCNc1cc(NCCC)nc(COCC)n1. The molecule has 1 rings (SSSR count). The molecule has 0 amide bonds. The van der Waals surface area contributed by atoms with Crippen molar-refractivity contribution in [3.63, 3.8) is 0 Å². The van der Waals surface area contributed by atoms with Crippen molar-refractivity contribution in [3.05, 3.63) is 11.9 Å². The van der Waals surface area contributed by atoms with Gasteiger partial charge in [-0.05, 0) is 19.8 Å². The monoisotopic (exact) mass is 266 g/mol. The summed E-state index contributed by atoms with van der Waals surface area (Å²) >= 11 is 0. The molecule has 5 heteroatoms. The van der Waals surface area contributed by atoms with Gasteiger partial charge in [0, 0.05) is 25.8 Å². The van der Waals surface area contributed by atoms with E-state index >= 15 is 0 Å². The van der Waals surface area contributed by atoms with Crippen LogP contribution in [0.1, 0.15) is 45.9 Å². The van der Waals surface area contributed by atoms with Gasteiger partial charge in [0.1, 0.15) is 18.2 Å². The summed E-state index contributed by atoms with van der Waals surface area (Å²) in [6.07, 6.45) is 3.39. The molecule has 0 aromatic carbocycles. The van der Waals surface area contributed by atoms with Gasteiger partial charge in [-0.1, -0.05) is 20.3 Å². The second-order valence-electron chi connectivity index (χ2n) is 4.40. The Balaban J connectivity index is 2.70. The first kappa shape index (κ1) is 15.7. The second kappa shape index (κ2) is 9.55. The largest absolute Gasteiger partial charge is 0.374 e. The second-order valence-corrected chi connectivity index (χ2v) is 4.40. The van der Waals surface area contributed by atoms with Crippen molar-refractivity contribution in [2.45, 2.75) is 46.6 Å². The zero-order valence-electron chi connectivity index (χ0n) is 12.3. The van der Waals surface area contributed by atoms with Crippen LogP contribution in [0, 0.1) is 0 Å². The summed E-state index contributed by atoms with van der Waals surface area (Å²) in [6.45, 7) is 9.27. The molecule has 0 radical (unpaired) electrons. The Morgan fingerprint density at radius 2 is 1.68 bits per heavy atom. The quantitative estimate of drug-likeness (QED) is 0.637. The highest BCUT2D eigenvalue weighted by Gasteiger charge is 2.04. The van der Waals surface area contributed by atoms with Gasteiger partial charge < -0.3 is 15.4 Å². The first-order chi connectivity index (χ1) is 9.30. The Hall–Kier alpha value is -1.36. The lowest BCUT2D eigenvalue weighted by atomic mass is 10.3. The van der Waals surface area contributed by atoms with Crippen molar-refractivity contribution in [2.24, 2.45) is 0 Å². The van der Waals surface area contributed by atoms with Crippen LogP contribution in [-0.2, 0) is 11.3 Å². The smallest absolute Gasteiger partial charge is 0.158 e. The fourth-order valence-electron chi connectivity index (χ4n) is 1.58. The summed E-state index contributed by atoms with van der Waals surface area (Å²) in [5, 5.41) is 6.63. The van der Waals surface area contributed by atoms with Crippen molar-refractivity contribution in [1.82, 2.24) is 9.97 Å². The van der Waals surface area contributed by atoms with Gasteiger partial charge in [0.15, 0.2) is 5.82 Å². The van der Waals surface area contributed by atoms with Gasteiger partial charge in [-0.3, -0.25) is 0 Å². The minimum Gasteiger partial charge on any atom is -0.374 e. The number of nitrogens with zero attached hydrogens (tertiary/aromatic N) is 2. The van der Waals surface area contributed by atoms with Gasteiger partial charge in [-0.25, -0.2) is 9.97 Å². The maximum atomic E-state index is 5.38. The molecule has 1 aromatic rings. The lowest BCUT2D eigenvalue weighted by molar-refractivity contribution is 0.128. The highest BCUT2D eigenvalue weighted by Crippen LogP contribution is 2.12. The fraction of sp³-hybridized carbons (Fsp3) is 0.714. The van der Waals surface area contributed by atoms with Gasteiger partial charge in [-0.15, -0.1) is 0 Å². The summed E-state index contributed by atoms with van der Waals surface area (Å²) in [5.74, 6) is 2.46. The van der Waals surface area contributed by atoms with E-state index in [-0.39, 0.29) is 0 Å². The minimum absolute atomic E-state index is 0.459. The third-order valence-electron chi connectivity index (χ3n) is 2.60. The molecule has 5 nitrogen and oxygen atoms in total. The Bertz CT molecular complexity index is 331. The maximum absolute atomic E-state index is 5.38. The molecule has 0 fully saturated rings. The molecule has 0 spiro atoms. The summed E-state index contributed by atoms with van der Waals surface area (Å²) < 4.78 is 5.38. The zero-order valence-corrected chi connectivity index (χ0v) is 12.3. The number of rotatable bonds is 10. The van der Waals surface area contributed by atoms with Gasteiger partial charge in [0.25, 0.3) is 0 Å². The molecule has 0 atom stereocenters. The van der Waals surface area contributed by atoms with Crippen LogP contribution in [0.4, 0.5) is 11.6 Å². The van der Waals surface area contributed by atoms with Gasteiger partial charge in [0.05, 0.1) is 0 Å². The number of hydrogen-bond acceptors (Lipinski definition) is 5. The van der Waals surface area contributed by atoms with Crippen molar-refractivity contribution in [3.8, 4) is 0 Å². The molecular formula is C14H26N4O. The third kappa shape index (κ3) is 6.38. The van der Waals surface area contributed by atoms with E-state index in [1.165, 1.54) is 6.42 Å². The predicted molar refractivity (Wildman–Crippen MR) is 79.5 cm³/mol. The van der Waals surface area contributed by atoms with E-state index in [4.69, 9.17) is 4.74 Å². The number of hydrogen-bond donors (Lipinski definition) is 2. The first-order valence-corrected chi connectivity index (χ1v) is 7.23. The van der Waals surface area contributed by atoms with E-state index in [1.54, 1.807) is 0 Å². The highest BCUT2D eigenvalue weighted by atomic mass is 16.5. The number of nitrogens with one attached hydrogen (secondary N) is 2. The molecule has 0 unspecified atom stereocenters. The average molecular weight is 266 g/mol. The van der Waals surface area contributed by atoms with Crippen molar-refractivity contribution in [1.29, 1.82) is 0 Å². The van der Waals surface area contributed by atoms with Crippen LogP contribution in [0.5, 0.6) is 0 Å². The Morgan fingerprint density at radius 1 is 1.00 bits per heavy atom. The molecule has 1 aromatic heterocycles. The summed E-state index contributed by atoms with van der Waals surface area (Å²) in [5.41, 5.74) is 0. The van der Waals surface area contributed by atoms with E-state index in [2.05, 4.69) is 34.4 Å². The fourth-order valence-corrected chi connectivity index (χ4v) is 1.58. The number of aromatic nitrogens is 2. The van der Waals surface area contributed by atoms with Crippen molar-refractivity contribution >= 4 is 11.6 Å². The van der Waals surface area contributed by atoms with Crippen LogP contribution in [0.3, 0.4) is 0 Å². The molecule has 0 saturated carbocycles. The van der Waals surface area contributed by atoms with Crippen LogP contribution in [0.15, 0.2) is 6.07 Å². The topological polar surface area (TPSA) is 59.1 Å². The Labute approximate surface area is 116 Å². The van der Waals surface area contributed by atoms with Crippen LogP contribution in [0.2, 0.25) is 0 Å². The maximum Gasteiger partial charge on any atom is 0.158 e. The van der Waals surface area contributed by atoms with Gasteiger partial charge in [0.2, 0.25) is 0 Å². The van der Waals surface area contributed by atoms with E-state index < -0.39 is 0 Å². The van der Waals surface area contributed by atoms with E-state index in [0.717, 1.165) is 43.4 Å². The first-order valence-electron chi connectivity index (χ1n) is 7.23. The molecule has 0 saturated heterocycles. The molecule has 0 aliphatic carbocycles. The molecule has 1 heterocycles. The third-order valence-corrected chi connectivity index (χ3v) is 2.60. The zero-order chi connectivity index (χ0) is 13.9. The van der Waals surface area contributed by atoms with E-state index in [0.29, 0.717) is 13.2 Å². The lowest BCUT2D eigenvalue weighted by Gasteiger charge is -2.11. The van der Waals surface area contributed by atoms with E-state index in [1.807, 2.05) is 13.0 Å². The van der Waals surface area contributed by atoms with Gasteiger partial charge in [-0.2, -0.15) is 0 Å². The molecule has 0 bridgehead atoms. The predicted octanol–water partition coefficient (Wildman–Crippen LogP) is 3.05. The van der Waals surface area contributed by atoms with Gasteiger partial charge >= 0.3 is 0 Å². The summed E-state index contributed by atoms with van der Waals surface area (Å²) in [4.78, 5) is 8.91. The summed E-state index contributed by atoms with van der Waals surface area (Å²) in [7, 11) is 0. The lowest BCUT2D eigenvalue weighted by Crippen LogP contribution is -2.10. The average Bonchev–Trinajstić information content (AvgIpc) is 2.43. The molecular weight excluding hydrogens is 240 g/mol. The number of unbranched alkanes of at least 4 members (excludes halogenated alkanes) is 1. The standard InChI is InChI=1S/C14H26N4O/c1-4-7-9-16-13-10-12(15-8-5-2)17-14(18-13)11-19-6-3/h10H,4-9,11H2,1-3H3,(H2,15,16,17,18). The Morgan fingerprint density at radius 3 is 2.26 bits per heavy atom. The minimum atomic E-state index is 0.459. The molecule has 2 N–H and O–H groups in total. The highest BCUT2D eigenvalue weighted by molar-refractivity contribution is 5.47. The van der Waals surface area contributed by atoms with E-state index in [9.17, 15) is 0 Å². The normalized spacial score (nSPS) is 10.5.